The van der Waals surface area contributed by atoms with E-state index < -0.39 is 11.9 Å². The van der Waals surface area contributed by atoms with E-state index in [1.54, 1.807) is 12.3 Å². The van der Waals surface area contributed by atoms with Crippen LogP contribution in [0.2, 0.25) is 0 Å². The Labute approximate surface area is 159 Å². The van der Waals surface area contributed by atoms with E-state index in [1.165, 1.54) is 35.6 Å². The third kappa shape index (κ3) is 3.80. The first-order valence-electron chi connectivity index (χ1n) is 8.07. The SMILES string of the molecule is Cc1cc(C(=O)COC(=O)c2ccc(C(N)=O)cc2)c(C)n1-c1nccs1. The lowest BCUT2D eigenvalue weighted by Crippen LogP contribution is -2.15. The Kier molecular flexibility index (Phi) is 5.18. The van der Waals surface area contributed by atoms with Gasteiger partial charge in [-0.05, 0) is 44.2 Å². The van der Waals surface area contributed by atoms with E-state index in [-0.39, 0.29) is 23.5 Å². The fourth-order valence-corrected chi connectivity index (χ4v) is 3.48. The zero-order chi connectivity index (χ0) is 19.6. The number of amides is 1. The van der Waals surface area contributed by atoms with Crippen LogP contribution in [0.4, 0.5) is 0 Å². The van der Waals surface area contributed by atoms with Crippen molar-refractivity contribution in [3.63, 3.8) is 0 Å². The topological polar surface area (TPSA) is 104 Å². The molecular formula is C19H17N3O4S. The number of aryl methyl sites for hydroxylation is 1. The Morgan fingerprint density at radius 1 is 1.15 bits per heavy atom. The molecule has 0 saturated heterocycles. The van der Waals surface area contributed by atoms with Gasteiger partial charge in [-0.2, -0.15) is 0 Å². The zero-order valence-electron chi connectivity index (χ0n) is 14.8. The first-order chi connectivity index (χ1) is 12.9. The number of ether oxygens (including phenoxy) is 1. The van der Waals surface area contributed by atoms with Crippen molar-refractivity contribution in [3.8, 4) is 5.13 Å². The number of ketones is 1. The molecule has 3 rings (SSSR count). The molecule has 1 amide bonds. The minimum atomic E-state index is -0.645. The molecule has 1 aromatic carbocycles. The summed E-state index contributed by atoms with van der Waals surface area (Å²) in [6.07, 6.45) is 1.70. The molecule has 3 aromatic rings. The van der Waals surface area contributed by atoms with Crippen LogP contribution in [0.25, 0.3) is 5.13 Å². The third-order valence-corrected chi connectivity index (χ3v) is 4.84. The summed E-state index contributed by atoms with van der Waals surface area (Å²) in [6.45, 7) is 3.34. The van der Waals surface area contributed by atoms with E-state index in [2.05, 4.69) is 4.98 Å². The summed E-state index contributed by atoms with van der Waals surface area (Å²) in [5.74, 6) is -1.53. The maximum atomic E-state index is 12.5. The van der Waals surface area contributed by atoms with Crippen LogP contribution in [0, 0.1) is 13.8 Å². The maximum Gasteiger partial charge on any atom is 0.338 e. The molecular weight excluding hydrogens is 366 g/mol. The van der Waals surface area contributed by atoms with Crippen LogP contribution in [0.15, 0.2) is 41.9 Å². The molecule has 138 valence electrons. The monoisotopic (exact) mass is 383 g/mol. The molecule has 2 N–H and O–H groups in total. The van der Waals surface area contributed by atoms with Gasteiger partial charge in [0.15, 0.2) is 11.7 Å². The normalized spacial score (nSPS) is 10.6. The van der Waals surface area contributed by atoms with Crippen LogP contribution in [-0.4, -0.2) is 33.8 Å². The molecule has 2 aromatic heterocycles. The molecule has 0 radical (unpaired) electrons. The van der Waals surface area contributed by atoms with Crippen molar-refractivity contribution in [1.82, 2.24) is 9.55 Å². The highest BCUT2D eigenvalue weighted by Gasteiger charge is 2.19. The van der Waals surface area contributed by atoms with Crippen molar-refractivity contribution < 1.29 is 19.1 Å². The number of benzene rings is 1. The molecule has 0 unspecified atom stereocenters. The Hall–Kier alpha value is -3.26. The molecule has 0 spiro atoms. The van der Waals surface area contributed by atoms with Gasteiger partial charge in [-0.25, -0.2) is 9.78 Å². The Bertz CT molecular complexity index is 1000. The van der Waals surface area contributed by atoms with E-state index in [4.69, 9.17) is 10.5 Å². The first kappa shape index (κ1) is 18.5. The van der Waals surface area contributed by atoms with Gasteiger partial charge in [-0.15, -0.1) is 11.3 Å². The van der Waals surface area contributed by atoms with Crippen molar-refractivity contribution in [1.29, 1.82) is 0 Å². The summed E-state index contributed by atoms with van der Waals surface area (Å²) in [4.78, 5) is 39.9. The van der Waals surface area contributed by atoms with Crippen molar-refractivity contribution in [2.24, 2.45) is 5.73 Å². The molecule has 0 bridgehead atoms. The predicted molar refractivity (Wildman–Crippen MR) is 100 cm³/mol. The highest BCUT2D eigenvalue weighted by molar-refractivity contribution is 7.12. The Balaban J connectivity index is 1.70. The second-order valence-electron chi connectivity index (χ2n) is 5.88. The van der Waals surface area contributed by atoms with E-state index in [1.807, 2.05) is 23.8 Å². The number of hydrogen-bond donors (Lipinski definition) is 1. The number of aromatic nitrogens is 2. The van der Waals surface area contributed by atoms with Gasteiger partial charge in [-0.3, -0.25) is 14.2 Å². The van der Waals surface area contributed by atoms with Crippen LogP contribution >= 0.6 is 11.3 Å². The molecule has 27 heavy (non-hydrogen) atoms. The minimum Gasteiger partial charge on any atom is -0.454 e. The molecule has 0 aliphatic rings. The molecule has 0 aliphatic carbocycles. The summed E-state index contributed by atoms with van der Waals surface area (Å²) < 4.78 is 7.00. The van der Waals surface area contributed by atoms with Crippen LogP contribution in [0.5, 0.6) is 0 Å². The van der Waals surface area contributed by atoms with Gasteiger partial charge in [0, 0.05) is 34.1 Å². The molecule has 0 fully saturated rings. The number of Topliss-reactive ketones (excluding diaryl/α,β-unsaturated/α-hetero) is 1. The average molecular weight is 383 g/mol. The molecule has 7 nitrogen and oxygen atoms in total. The van der Waals surface area contributed by atoms with Crippen molar-refractivity contribution >= 4 is 29.0 Å². The number of thiazole rings is 1. The minimum absolute atomic E-state index is 0.237. The predicted octanol–water partition coefficient (Wildman–Crippen LogP) is 2.69. The summed E-state index contributed by atoms with van der Waals surface area (Å²) in [5.41, 5.74) is 7.79. The van der Waals surface area contributed by atoms with Gasteiger partial charge < -0.3 is 10.5 Å². The van der Waals surface area contributed by atoms with Gasteiger partial charge in [0.25, 0.3) is 0 Å². The highest BCUT2D eigenvalue weighted by Crippen LogP contribution is 2.22. The second-order valence-corrected chi connectivity index (χ2v) is 6.75. The number of carbonyl (C=O) groups excluding carboxylic acids is 3. The maximum absolute atomic E-state index is 12.5. The lowest BCUT2D eigenvalue weighted by atomic mass is 10.1. The van der Waals surface area contributed by atoms with Gasteiger partial charge in [0.1, 0.15) is 0 Å². The third-order valence-electron chi connectivity index (χ3n) is 4.08. The fourth-order valence-electron chi connectivity index (χ4n) is 2.73. The van der Waals surface area contributed by atoms with Gasteiger partial charge in [-0.1, -0.05) is 0 Å². The number of primary amides is 1. The van der Waals surface area contributed by atoms with Crippen LogP contribution in [-0.2, 0) is 4.74 Å². The number of carbonyl (C=O) groups is 3. The standard InChI is InChI=1S/C19H17N3O4S/c1-11-9-15(12(2)22(11)19-21-7-8-27-19)16(23)10-26-18(25)14-5-3-13(4-6-14)17(20)24/h3-9H,10H2,1-2H3,(H2,20,24). The summed E-state index contributed by atoms with van der Waals surface area (Å²) in [5, 5.41) is 2.64. The average Bonchev–Trinajstić information content (AvgIpc) is 3.27. The number of esters is 1. The number of nitrogens with zero attached hydrogens (tertiary/aromatic N) is 2. The molecule has 2 heterocycles. The van der Waals surface area contributed by atoms with Crippen LogP contribution in [0.3, 0.4) is 0 Å². The summed E-state index contributed by atoms with van der Waals surface area (Å²) in [7, 11) is 0. The van der Waals surface area contributed by atoms with E-state index in [0.29, 0.717) is 5.56 Å². The number of hydrogen-bond acceptors (Lipinski definition) is 6. The van der Waals surface area contributed by atoms with Crippen LogP contribution < -0.4 is 5.73 Å². The lowest BCUT2D eigenvalue weighted by molar-refractivity contribution is 0.0474. The van der Waals surface area contributed by atoms with Crippen LogP contribution in [0.1, 0.15) is 42.5 Å². The second kappa shape index (κ2) is 7.55. The molecule has 0 atom stereocenters. The Morgan fingerprint density at radius 3 is 2.41 bits per heavy atom. The van der Waals surface area contributed by atoms with Gasteiger partial charge in [0.05, 0.1) is 5.56 Å². The van der Waals surface area contributed by atoms with Gasteiger partial charge >= 0.3 is 5.97 Å². The van der Waals surface area contributed by atoms with Crippen molar-refractivity contribution in [2.75, 3.05) is 6.61 Å². The molecule has 0 saturated carbocycles. The highest BCUT2D eigenvalue weighted by atomic mass is 32.1. The zero-order valence-corrected chi connectivity index (χ0v) is 15.6. The van der Waals surface area contributed by atoms with Crippen molar-refractivity contribution in [3.05, 3.63) is 70.0 Å². The van der Waals surface area contributed by atoms with Gasteiger partial charge in [0.2, 0.25) is 11.7 Å². The van der Waals surface area contributed by atoms with Crippen molar-refractivity contribution in [2.45, 2.75) is 13.8 Å². The molecule has 8 heteroatoms. The molecule has 0 aliphatic heterocycles. The largest absolute Gasteiger partial charge is 0.454 e. The van der Waals surface area contributed by atoms with E-state index in [0.717, 1.165) is 16.5 Å². The fraction of sp³-hybridized carbons (Fsp3) is 0.158. The lowest BCUT2D eigenvalue weighted by Gasteiger charge is -2.06. The summed E-state index contributed by atoms with van der Waals surface area (Å²) >= 11 is 1.47. The first-order valence-corrected chi connectivity index (χ1v) is 8.95. The quantitative estimate of drug-likeness (QED) is 0.520. The van der Waals surface area contributed by atoms with E-state index in [9.17, 15) is 14.4 Å². The number of nitrogens with two attached hydrogens (primary N) is 1. The Morgan fingerprint density at radius 2 is 1.81 bits per heavy atom. The van der Waals surface area contributed by atoms with E-state index >= 15 is 0 Å². The smallest absolute Gasteiger partial charge is 0.338 e. The number of rotatable bonds is 6. The summed E-state index contributed by atoms with van der Waals surface area (Å²) in [6, 6.07) is 7.49.